The van der Waals surface area contributed by atoms with Crippen molar-refractivity contribution in [2.75, 3.05) is 31.1 Å². The van der Waals surface area contributed by atoms with Crippen LogP contribution in [0.4, 0.5) is 23.4 Å². The van der Waals surface area contributed by atoms with E-state index in [0.717, 1.165) is 11.5 Å². The van der Waals surface area contributed by atoms with Crippen LogP contribution in [0.2, 0.25) is 0 Å². The minimum absolute atomic E-state index is 0.0434. The Morgan fingerprint density at radius 3 is 2.42 bits per heavy atom. The van der Waals surface area contributed by atoms with Gasteiger partial charge in [0.1, 0.15) is 0 Å². The number of nitrogens with zero attached hydrogens (tertiary/aromatic N) is 4. The number of alkyl halides is 3. The maximum Gasteiger partial charge on any atom is 0.417 e. The molecule has 0 aliphatic carbocycles. The first-order chi connectivity index (χ1) is 11.3. The summed E-state index contributed by atoms with van der Waals surface area (Å²) < 4.78 is 56.8. The molecule has 1 aliphatic heterocycles. The molecule has 2 aromatic heterocycles. The lowest BCUT2D eigenvalue weighted by Crippen LogP contribution is -2.46. The maximum atomic E-state index is 14.0. The Kier molecular flexibility index (Phi) is 4.44. The van der Waals surface area contributed by atoms with E-state index < -0.39 is 17.6 Å². The lowest BCUT2D eigenvalue weighted by molar-refractivity contribution is -0.138. The quantitative estimate of drug-likeness (QED) is 0.801. The van der Waals surface area contributed by atoms with Crippen molar-refractivity contribution in [3.63, 3.8) is 0 Å². The van der Waals surface area contributed by atoms with Crippen LogP contribution in [0.15, 0.2) is 22.9 Å². The second-order valence-electron chi connectivity index (χ2n) is 5.72. The van der Waals surface area contributed by atoms with E-state index >= 15 is 0 Å². The van der Waals surface area contributed by atoms with Crippen molar-refractivity contribution in [2.24, 2.45) is 0 Å². The molecule has 1 saturated heterocycles. The summed E-state index contributed by atoms with van der Waals surface area (Å²) in [5, 5.41) is 3.82. The lowest BCUT2D eigenvalue weighted by Gasteiger charge is -2.35. The Bertz CT molecular complexity index is 708. The zero-order chi connectivity index (χ0) is 17.3. The molecule has 24 heavy (non-hydrogen) atoms. The van der Waals surface area contributed by atoms with Crippen LogP contribution in [0.5, 0.6) is 0 Å². The van der Waals surface area contributed by atoms with Gasteiger partial charge in [-0.3, -0.25) is 4.90 Å². The number of hydrogen-bond donors (Lipinski definition) is 0. The summed E-state index contributed by atoms with van der Waals surface area (Å²) in [4.78, 5) is 7.42. The fourth-order valence-corrected chi connectivity index (χ4v) is 2.65. The molecule has 3 heterocycles. The summed E-state index contributed by atoms with van der Waals surface area (Å²) in [6, 6.07) is 2.34. The zero-order valence-corrected chi connectivity index (χ0v) is 13.0. The van der Waals surface area contributed by atoms with Gasteiger partial charge in [-0.1, -0.05) is 5.16 Å². The van der Waals surface area contributed by atoms with E-state index in [4.69, 9.17) is 4.52 Å². The third kappa shape index (κ3) is 3.66. The molecule has 0 unspecified atom stereocenters. The van der Waals surface area contributed by atoms with Gasteiger partial charge in [0, 0.05) is 38.4 Å². The molecule has 0 bridgehead atoms. The average Bonchev–Trinajstić information content (AvgIpc) is 2.92. The van der Waals surface area contributed by atoms with Crippen LogP contribution in [0, 0.1) is 12.7 Å². The molecule has 0 spiro atoms. The molecule has 2 aromatic rings. The first-order valence-corrected chi connectivity index (χ1v) is 7.45. The molecule has 3 rings (SSSR count). The smallest absolute Gasteiger partial charge is 0.360 e. The summed E-state index contributed by atoms with van der Waals surface area (Å²) in [7, 11) is 0. The minimum Gasteiger partial charge on any atom is -0.360 e. The molecule has 5 nitrogen and oxygen atoms in total. The topological polar surface area (TPSA) is 45.4 Å². The van der Waals surface area contributed by atoms with Gasteiger partial charge in [0.25, 0.3) is 0 Å². The molecule has 130 valence electrons. The van der Waals surface area contributed by atoms with E-state index in [1.807, 2.05) is 13.0 Å². The van der Waals surface area contributed by atoms with Crippen molar-refractivity contribution in [2.45, 2.75) is 19.6 Å². The van der Waals surface area contributed by atoms with E-state index in [1.54, 1.807) is 4.90 Å². The normalized spacial score (nSPS) is 16.6. The van der Waals surface area contributed by atoms with Crippen molar-refractivity contribution in [3.8, 4) is 0 Å². The Labute approximate surface area is 135 Å². The predicted octanol–water partition coefficient (Wildman–Crippen LogP) is 2.86. The molecular weight excluding hydrogens is 328 g/mol. The highest BCUT2D eigenvalue weighted by molar-refractivity contribution is 5.42. The van der Waals surface area contributed by atoms with Crippen LogP contribution in [-0.4, -0.2) is 41.2 Å². The van der Waals surface area contributed by atoms with E-state index in [9.17, 15) is 17.6 Å². The number of aromatic nitrogens is 2. The van der Waals surface area contributed by atoms with Crippen molar-refractivity contribution in [1.29, 1.82) is 0 Å². The van der Waals surface area contributed by atoms with Crippen molar-refractivity contribution in [3.05, 3.63) is 41.2 Å². The van der Waals surface area contributed by atoms with Gasteiger partial charge >= 0.3 is 6.18 Å². The third-order valence-corrected chi connectivity index (χ3v) is 3.88. The van der Waals surface area contributed by atoms with Gasteiger partial charge in [0.2, 0.25) is 0 Å². The summed E-state index contributed by atoms with van der Waals surface area (Å²) in [6.07, 6.45) is -3.93. The number of aryl methyl sites for hydroxylation is 1. The highest BCUT2D eigenvalue weighted by atomic mass is 19.4. The van der Waals surface area contributed by atoms with Crippen molar-refractivity contribution in [1.82, 2.24) is 15.0 Å². The van der Waals surface area contributed by atoms with Crippen LogP contribution < -0.4 is 4.90 Å². The molecule has 0 amide bonds. The number of anilines is 1. The molecule has 1 fully saturated rings. The Morgan fingerprint density at radius 1 is 1.17 bits per heavy atom. The second-order valence-corrected chi connectivity index (χ2v) is 5.72. The molecule has 9 heteroatoms. The largest absolute Gasteiger partial charge is 0.417 e. The highest BCUT2D eigenvalue weighted by Crippen LogP contribution is 2.31. The van der Waals surface area contributed by atoms with Gasteiger partial charge in [0.05, 0.1) is 17.8 Å². The monoisotopic (exact) mass is 344 g/mol. The molecule has 1 aliphatic rings. The minimum atomic E-state index is -4.60. The number of rotatable bonds is 3. The molecule has 0 saturated carbocycles. The average molecular weight is 344 g/mol. The van der Waals surface area contributed by atoms with Gasteiger partial charge in [-0.05, 0) is 13.0 Å². The number of piperazine rings is 1. The fourth-order valence-electron chi connectivity index (χ4n) is 2.65. The van der Waals surface area contributed by atoms with Crippen LogP contribution in [0.3, 0.4) is 0 Å². The number of hydrogen-bond acceptors (Lipinski definition) is 5. The molecular formula is C15H16F4N4O. The van der Waals surface area contributed by atoms with Gasteiger partial charge in [-0.2, -0.15) is 13.2 Å². The fraction of sp³-hybridized carbons (Fsp3) is 0.467. The molecule has 0 atom stereocenters. The first kappa shape index (κ1) is 16.7. The van der Waals surface area contributed by atoms with Crippen molar-refractivity contribution < 1.29 is 22.1 Å². The van der Waals surface area contributed by atoms with Gasteiger partial charge in [-0.15, -0.1) is 0 Å². The highest BCUT2D eigenvalue weighted by Gasteiger charge is 2.32. The maximum absolute atomic E-state index is 14.0. The van der Waals surface area contributed by atoms with Crippen molar-refractivity contribution >= 4 is 5.82 Å². The van der Waals surface area contributed by atoms with Gasteiger partial charge in [-0.25, -0.2) is 9.37 Å². The Balaban J connectivity index is 1.62. The summed E-state index contributed by atoms with van der Waals surface area (Å²) in [5.41, 5.74) is -0.275. The van der Waals surface area contributed by atoms with Crippen LogP contribution >= 0.6 is 0 Å². The van der Waals surface area contributed by atoms with Crippen LogP contribution in [-0.2, 0) is 12.7 Å². The van der Waals surface area contributed by atoms with Crippen LogP contribution in [0.1, 0.15) is 17.0 Å². The van der Waals surface area contributed by atoms with E-state index in [2.05, 4.69) is 15.0 Å². The summed E-state index contributed by atoms with van der Waals surface area (Å²) in [6.45, 7) is 4.64. The van der Waals surface area contributed by atoms with Crippen LogP contribution in [0.25, 0.3) is 0 Å². The molecule has 0 aromatic carbocycles. The van der Waals surface area contributed by atoms with Gasteiger partial charge in [0.15, 0.2) is 17.4 Å². The number of halogens is 4. The summed E-state index contributed by atoms with van der Waals surface area (Å²) >= 11 is 0. The molecule has 0 radical (unpaired) electrons. The van der Waals surface area contributed by atoms with E-state index in [1.165, 1.54) is 0 Å². The second kappa shape index (κ2) is 6.39. The Hall–Kier alpha value is -2.16. The Morgan fingerprint density at radius 2 is 1.88 bits per heavy atom. The van der Waals surface area contributed by atoms with Gasteiger partial charge < -0.3 is 9.42 Å². The first-order valence-electron chi connectivity index (χ1n) is 7.45. The van der Waals surface area contributed by atoms with E-state index in [0.29, 0.717) is 45.0 Å². The third-order valence-electron chi connectivity index (χ3n) is 3.88. The summed E-state index contributed by atoms with van der Waals surface area (Å²) in [5.74, 6) is -0.248. The lowest BCUT2D eigenvalue weighted by atomic mass is 10.2. The van der Waals surface area contributed by atoms with E-state index in [-0.39, 0.29) is 5.82 Å². The SMILES string of the molecule is Cc1cc(CN2CCN(c3ncc(C(F)(F)F)cc3F)CC2)on1. The molecule has 0 N–H and O–H groups in total. The standard InChI is InChI=1S/C15H16F4N4O/c1-10-6-12(24-21-10)9-22-2-4-23(5-3-22)14-13(16)7-11(8-20-14)15(17,18)19/h6-8H,2-5,9H2,1H3. The number of pyridine rings is 1. The zero-order valence-electron chi connectivity index (χ0n) is 13.0. The predicted molar refractivity (Wildman–Crippen MR) is 77.9 cm³/mol.